The molecule has 154 valence electrons. The van der Waals surface area contributed by atoms with Crippen LogP contribution in [-0.4, -0.2) is 11.8 Å². The van der Waals surface area contributed by atoms with Crippen LogP contribution < -0.4 is 10.0 Å². The van der Waals surface area contributed by atoms with E-state index in [0.29, 0.717) is 11.4 Å². The van der Waals surface area contributed by atoms with E-state index in [2.05, 4.69) is 53.7 Å². The van der Waals surface area contributed by atoms with Crippen molar-refractivity contribution in [1.82, 2.24) is 0 Å². The monoisotopic (exact) mass is 392 g/mol. The van der Waals surface area contributed by atoms with Crippen molar-refractivity contribution in [2.24, 2.45) is 5.41 Å². The minimum atomic E-state index is -1.12. The SMILES string of the molecule is CC1(C)C(=O)N(c2cccc(C(C)(C)C)c2)N(c2cccc(C(C)(C)C)c2)C1=O. The third-order valence-electron chi connectivity index (χ3n) is 5.57. The summed E-state index contributed by atoms with van der Waals surface area (Å²) in [6.45, 7) is 16.2. The van der Waals surface area contributed by atoms with Gasteiger partial charge in [0.05, 0.1) is 11.4 Å². The third-order valence-corrected chi connectivity index (χ3v) is 5.57. The van der Waals surface area contributed by atoms with Crippen LogP contribution in [-0.2, 0) is 20.4 Å². The molecule has 1 aliphatic heterocycles. The topological polar surface area (TPSA) is 40.6 Å². The molecule has 4 heteroatoms. The van der Waals surface area contributed by atoms with Crippen LogP contribution in [0.5, 0.6) is 0 Å². The number of rotatable bonds is 2. The van der Waals surface area contributed by atoms with Gasteiger partial charge in [0, 0.05) is 0 Å². The van der Waals surface area contributed by atoms with Gasteiger partial charge in [0.15, 0.2) is 0 Å². The minimum absolute atomic E-state index is 0.0602. The quantitative estimate of drug-likeness (QED) is 0.624. The molecule has 3 rings (SSSR count). The predicted molar refractivity (Wildman–Crippen MR) is 119 cm³/mol. The molecule has 29 heavy (non-hydrogen) atoms. The number of hydrazine groups is 1. The minimum Gasteiger partial charge on any atom is -0.271 e. The summed E-state index contributed by atoms with van der Waals surface area (Å²) in [4.78, 5) is 26.7. The molecule has 0 radical (unpaired) electrons. The number of anilines is 2. The number of hydrogen-bond acceptors (Lipinski definition) is 2. The summed E-state index contributed by atoms with van der Waals surface area (Å²) in [7, 11) is 0. The fourth-order valence-corrected chi connectivity index (χ4v) is 3.48. The second-order valence-electron chi connectivity index (χ2n) is 10.5. The second kappa shape index (κ2) is 6.72. The first-order chi connectivity index (χ1) is 13.2. The summed E-state index contributed by atoms with van der Waals surface area (Å²) in [6, 6.07) is 15.8. The second-order valence-corrected chi connectivity index (χ2v) is 10.5. The van der Waals surface area contributed by atoms with Crippen molar-refractivity contribution in [1.29, 1.82) is 0 Å². The number of hydrogen-bond donors (Lipinski definition) is 0. The largest absolute Gasteiger partial charge is 0.271 e. The van der Waals surface area contributed by atoms with Crippen LogP contribution in [0.4, 0.5) is 11.4 Å². The van der Waals surface area contributed by atoms with E-state index in [1.807, 2.05) is 36.4 Å². The van der Waals surface area contributed by atoms with Crippen LogP contribution in [0.2, 0.25) is 0 Å². The zero-order valence-electron chi connectivity index (χ0n) is 18.8. The number of benzene rings is 2. The van der Waals surface area contributed by atoms with Crippen LogP contribution in [0.15, 0.2) is 48.5 Å². The maximum absolute atomic E-state index is 13.3. The first-order valence-electron chi connectivity index (χ1n) is 10.1. The molecule has 1 heterocycles. The molecule has 0 atom stereocenters. The lowest BCUT2D eigenvalue weighted by Crippen LogP contribution is -2.41. The number of amides is 2. The zero-order chi connectivity index (χ0) is 21.8. The number of nitrogens with zero attached hydrogens (tertiary/aromatic N) is 2. The normalized spacial score (nSPS) is 17.2. The van der Waals surface area contributed by atoms with Gasteiger partial charge in [0.2, 0.25) is 0 Å². The van der Waals surface area contributed by atoms with E-state index >= 15 is 0 Å². The molecule has 0 spiro atoms. The van der Waals surface area contributed by atoms with E-state index in [1.54, 1.807) is 23.9 Å². The van der Waals surface area contributed by atoms with Gasteiger partial charge in [0.1, 0.15) is 5.41 Å². The summed E-state index contributed by atoms with van der Waals surface area (Å²) in [5.74, 6) is -0.426. The van der Waals surface area contributed by atoms with Crippen LogP contribution in [0.25, 0.3) is 0 Å². The van der Waals surface area contributed by atoms with Crippen molar-refractivity contribution in [3.05, 3.63) is 59.7 Å². The molecular weight excluding hydrogens is 360 g/mol. The predicted octanol–water partition coefficient (Wildman–Crippen LogP) is 5.60. The van der Waals surface area contributed by atoms with Gasteiger partial charge >= 0.3 is 0 Å². The van der Waals surface area contributed by atoms with E-state index in [0.717, 1.165) is 11.1 Å². The van der Waals surface area contributed by atoms with Crippen LogP contribution in [0.3, 0.4) is 0 Å². The van der Waals surface area contributed by atoms with Crippen molar-refractivity contribution in [3.8, 4) is 0 Å². The molecule has 1 fully saturated rings. The summed E-state index contributed by atoms with van der Waals surface area (Å²) in [6.07, 6.45) is 0. The van der Waals surface area contributed by atoms with E-state index in [1.165, 1.54) is 0 Å². The number of carbonyl (C=O) groups excluding carboxylic acids is 2. The van der Waals surface area contributed by atoms with Crippen molar-refractivity contribution in [2.75, 3.05) is 10.0 Å². The van der Waals surface area contributed by atoms with Gasteiger partial charge in [0.25, 0.3) is 11.8 Å². The average molecular weight is 393 g/mol. The fraction of sp³-hybridized carbons (Fsp3) is 0.440. The third kappa shape index (κ3) is 3.68. The summed E-state index contributed by atoms with van der Waals surface area (Å²) >= 11 is 0. The summed E-state index contributed by atoms with van der Waals surface area (Å²) in [5.41, 5.74) is 2.41. The highest BCUT2D eigenvalue weighted by Crippen LogP contribution is 2.40. The molecule has 0 aliphatic carbocycles. The standard InChI is InChI=1S/C25H32N2O2/c1-23(2,3)17-11-9-13-19(15-17)26-21(28)25(7,8)22(29)27(26)20-14-10-12-18(16-20)24(4,5)6/h9-16H,1-8H3. The maximum atomic E-state index is 13.3. The van der Waals surface area contributed by atoms with Gasteiger partial charge in [-0.25, -0.2) is 10.0 Å². The Kier molecular flexibility index (Phi) is 4.89. The summed E-state index contributed by atoms with van der Waals surface area (Å²) in [5, 5.41) is 3.08. The Bertz CT molecular complexity index is 884. The molecule has 0 unspecified atom stereocenters. The van der Waals surface area contributed by atoms with Gasteiger partial charge in [-0.1, -0.05) is 65.8 Å². The van der Waals surface area contributed by atoms with E-state index < -0.39 is 5.41 Å². The Morgan fingerprint density at radius 2 is 1.00 bits per heavy atom. The van der Waals surface area contributed by atoms with Crippen LogP contribution in [0.1, 0.15) is 66.5 Å². The smallest absolute Gasteiger partial charge is 0.261 e. The van der Waals surface area contributed by atoms with E-state index in [-0.39, 0.29) is 22.6 Å². The van der Waals surface area contributed by atoms with Gasteiger partial charge < -0.3 is 0 Å². The van der Waals surface area contributed by atoms with Gasteiger partial charge in [-0.2, -0.15) is 0 Å². The molecule has 0 N–H and O–H groups in total. The molecular formula is C25H32N2O2. The lowest BCUT2D eigenvalue weighted by Gasteiger charge is -2.30. The zero-order valence-corrected chi connectivity index (χ0v) is 18.8. The highest BCUT2D eigenvalue weighted by atomic mass is 16.2. The van der Waals surface area contributed by atoms with Crippen molar-refractivity contribution < 1.29 is 9.59 Å². The van der Waals surface area contributed by atoms with Crippen molar-refractivity contribution in [3.63, 3.8) is 0 Å². The van der Waals surface area contributed by atoms with E-state index in [9.17, 15) is 9.59 Å². The summed E-state index contributed by atoms with van der Waals surface area (Å²) < 4.78 is 0. The Hall–Kier alpha value is -2.62. The fourth-order valence-electron chi connectivity index (χ4n) is 3.48. The Balaban J connectivity index is 2.17. The Labute approximate surface area is 174 Å². The molecule has 4 nitrogen and oxygen atoms in total. The Morgan fingerprint density at radius 1 is 0.655 bits per heavy atom. The highest BCUT2D eigenvalue weighted by molar-refractivity contribution is 6.25. The van der Waals surface area contributed by atoms with Gasteiger partial charge in [-0.15, -0.1) is 0 Å². The first kappa shape index (κ1) is 21.1. The highest BCUT2D eigenvalue weighted by Gasteiger charge is 2.53. The van der Waals surface area contributed by atoms with Crippen molar-refractivity contribution in [2.45, 2.75) is 66.2 Å². The lowest BCUT2D eigenvalue weighted by molar-refractivity contribution is -0.132. The van der Waals surface area contributed by atoms with Crippen LogP contribution in [0, 0.1) is 5.41 Å². The van der Waals surface area contributed by atoms with Gasteiger partial charge in [-0.05, 0) is 60.1 Å². The van der Waals surface area contributed by atoms with Crippen LogP contribution >= 0.6 is 0 Å². The molecule has 1 aliphatic rings. The van der Waals surface area contributed by atoms with E-state index in [4.69, 9.17) is 0 Å². The average Bonchev–Trinajstić information content (AvgIpc) is 2.80. The molecule has 2 aromatic carbocycles. The molecule has 0 aromatic heterocycles. The number of carbonyl (C=O) groups is 2. The Morgan fingerprint density at radius 3 is 1.31 bits per heavy atom. The lowest BCUT2D eigenvalue weighted by atomic mass is 9.87. The molecule has 0 bridgehead atoms. The molecule has 0 saturated carbocycles. The molecule has 1 saturated heterocycles. The molecule has 2 aromatic rings. The van der Waals surface area contributed by atoms with Gasteiger partial charge in [-0.3, -0.25) is 9.59 Å². The maximum Gasteiger partial charge on any atom is 0.261 e. The first-order valence-corrected chi connectivity index (χ1v) is 10.1. The molecule has 2 amide bonds. The van der Waals surface area contributed by atoms with Crippen molar-refractivity contribution >= 4 is 23.2 Å².